The van der Waals surface area contributed by atoms with Gasteiger partial charge in [0, 0.05) is 24.7 Å². The normalized spacial score (nSPS) is 16.7. The number of halogens is 1. The number of methoxy groups -OCH3 is 1. The maximum absolute atomic E-state index is 9.21. The molecule has 1 aliphatic heterocycles. The Kier molecular flexibility index (Phi) is 5.12. The summed E-state index contributed by atoms with van der Waals surface area (Å²) in [6.45, 7) is 2.82. The molecule has 1 fully saturated rings. The molecule has 1 aliphatic rings. The highest BCUT2D eigenvalue weighted by Gasteiger charge is 2.24. The van der Waals surface area contributed by atoms with E-state index < -0.39 is 0 Å². The molecule has 1 heterocycles. The van der Waals surface area contributed by atoms with Crippen molar-refractivity contribution in [3.63, 3.8) is 0 Å². The molecule has 2 aromatic rings. The van der Waals surface area contributed by atoms with Crippen LogP contribution in [0.4, 0.5) is 11.4 Å². The van der Waals surface area contributed by atoms with Crippen LogP contribution in [-0.2, 0) is 0 Å². The molecule has 0 spiro atoms. The molecular formula is C19H20ClN3O. The van der Waals surface area contributed by atoms with Gasteiger partial charge in [0.25, 0.3) is 0 Å². The number of anilines is 2. The lowest BCUT2D eigenvalue weighted by Gasteiger charge is -2.21. The number of hydrogen-bond acceptors (Lipinski definition) is 4. The van der Waals surface area contributed by atoms with E-state index >= 15 is 0 Å². The molecule has 5 heteroatoms. The molecule has 0 aromatic heterocycles. The van der Waals surface area contributed by atoms with Crippen LogP contribution in [0.5, 0.6) is 5.75 Å². The van der Waals surface area contributed by atoms with Crippen LogP contribution in [0, 0.1) is 17.2 Å². The quantitative estimate of drug-likeness (QED) is 0.887. The Morgan fingerprint density at radius 2 is 2.17 bits per heavy atom. The minimum Gasteiger partial charge on any atom is -0.495 e. The Morgan fingerprint density at radius 3 is 2.96 bits per heavy atom. The zero-order valence-corrected chi connectivity index (χ0v) is 14.4. The number of nitrogens with one attached hydrogen (secondary N) is 1. The van der Waals surface area contributed by atoms with E-state index in [1.54, 1.807) is 19.2 Å². The summed E-state index contributed by atoms with van der Waals surface area (Å²) in [6, 6.07) is 15.7. The monoisotopic (exact) mass is 341 g/mol. The fourth-order valence-corrected chi connectivity index (χ4v) is 3.30. The molecule has 2 aromatic carbocycles. The van der Waals surface area contributed by atoms with Gasteiger partial charge in [-0.15, -0.1) is 0 Å². The molecule has 24 heavy (non-hydrogen) atoms. The summed E-state index contributed by atoms with van der Waals surface area (Å²) in [4.78, 5) is 2.36. The first kappa shape index (κ1) is 16.5. The second-order valence-corrected chi connectivity index (χ2v) is 6.39. The van der Waals surface area contributed by atoms with E-state index in [-0.39, 0.29) is 0 Å². The van der Waals surface area contributed by atoms with E-state index in [0.717, 1.165) is 43.2 Å². The van der Waals surface area contributed by atoms with Gasteiger partial charge in [-0.3, -0.25) is 0 Å². The molecule has 1 N–H and O–H groups in total. The molecule has 0 aliphatic carbocycles. The number of benzene rings is 2. The molecule has 1 unspecified atom stereocenters. The van der Waals surface area contributed by atoms with Gasteiger partial charge in [-0.25, -0.2) is 0 Å². The van der Waals surface area contributed by atoms with Gasteiger partial charge in [0.05, 0.1) is 24.0 Å². The van der Waals surface area contributed by atoms with E-state index in [9.17, 15) is 5.26 Å². The standard InChI is InChI=1S/C19H20ClN3O/c1-24-19-5-3-2-4-18(19)23-9-8-14(13-23)12-22-17-7-6-16(20)10-15(17)11-21/h2-7,10,14,22H,8-9,12-13H2,1H3. The van der Waals surface area contributed by atoms with Crippen molar-refractivity contribution >= 4 is 23.0 Å². The summed E-state index contributed by atoms with van der Waals surface area (Å²) >= 11 is 5.94. The minimum absolute atomic E-state index is 0.525. The summed E-state index contributed by atoms with van der Waals surface area (Å²) in [6.07, 6.45) is 1.11. The molecule has 1 saturated heterocycles. The molecule has 0 amide bonds. The van der Waals surface area contributed by atoms with Crippen LogP contribution in [0.25, 0.3) is 0 Å². The fourth-order valence-electron chi connectivity index (χ4n) is 3.13. The molecular weight excluding hydrogens is 322 g/mol. The van der Waals surface area contributed by atoms with Crippen LogP contribution >= 0.6 is 11.6 Å². The number of rotatable bonds is 5. The zero-order valence-electron chi connectivity index (χ0n) is 13.6. The lowest BCUT2D eigenvalue weighted by molar-refractivity contribution is 0.414. The predicted octanol–water partition coefficient (Wildman–Crippen LogP) is 4.16. The third-order valence-electron chi connectivity index (χ3n) is 4.39. The Balaban J connectivity index is 1.62. The summed E-state index contributed by atoms with van der Waals surface area (Å²) in [5.41, 5.74) is 2.58. The number of ether oxygens (including phenoxy) is 1. The van der Waals surface area contributed by atoms with Gasteiger partial charge in [0.2, 0.25) is 0 Å². The number of nitriles is 1. The Morgan fingerprint density at radius 1 is 1.33 bits per heavy atom. The van der Waals surface area contributed by atoms with Gasteiger partial charge >= 0.3 is 0 Å². The van der Waals surface area contributed by atoms with E-state index in [0.29, 0.717) is 16.5 Å². The minimum atomic E-state index is 0.525. The average Bonchev–Trinajstić information content (AvgIpc) is 3.09. The lowest BCUT2D eigenvalue weighted by Crippen LogP contribution is -2.23. The third kappa shape index (κ3) is 3.58. The summed E-state index contributed by atoms with van der Waals surface area (Å²) in [5, 5.41) is 13.2. The SMILES string of the molecule is COc1ccccc1N1CCC(CNc2ccc(Cl)cc2C#N)C1. The van der Waals surface area contributed by atoms with Crippen molar-refractivity contribution in [3.05, 3.63) is 53.1 Å². The van der Waals surface area contributed by atoms with Gasteiger partial charge in [-0.05, 0) is 42.7 Å². The Bertz CT molecular complexity index is 757. The fraction of sp³-hybridized carbons (Fsp3) is 0.316. The van der Waals surface area contributed by atoms with E-state index in [1.165, 1.54) is 0 Å². The summed E-state index contributed by atoms with van der Waals surface area (Å²) in [7, 11) is 1.71. The van der Waals surface area contributed by atoms with Crippen LogP contribution in [0.2, 0.25) is 5.02 Å². The van der Waals surface area contributed by atoms with E-state index in [1.807, 2.05) is 24.3 Å². The number of hydrogen-bond donors (Lipinski definition) is 1. The number of para-hydroxylation sites is 2. The summed E-state index contributed by atoms with van der Waals surface area (Å²) < 4.78 is 5.46. The van der Waals surface area contributed by atoms with Crippen molar-refractivity contribution in [2.24, 2.45) is 5.92 Å². The molecule has 124 valence electrons. The van der Waals surface area contributed by atoms with Crippen molar-refractivity contribution < 1.29 is 4.74 Å². The van der Waals surface area contributed by atoms with Crippen LogP contribution in [0.1, 0.15) is 12.0 Å². The largest absolute Gasteiger partial charge is 0.495 e. The highest BCUT2D eigenvalue weighted by Crippen LogP contribution is 2.32. The van der Waals surface area contributed by atoms with E-state index in [2.05, 4.69) is 22.4 Å². The molecule has 3 rings (SSSR count). The van der Waals surface area contributed by atoms with Gasteiger partial charge in [-0.1, -0.05) is 23.7 Å². The predicted molar refractivity (Wildman–Crippen MR) is 98.0 cm³/mol. The van der Waals surface area contributed by atoms with Crippen molar-refractivity contribution in [1.82, 2.24) is 0 Å². The third-order valence-corrected chi connectivity index (χ3v) is 4.63. The van der Waals surface area contributed by atoms with Gasteiger partial charge < -0.3 is 15.0 Å². The Labute approximate surface area is 147 Å². The van der Waals surface area contributed by atoms with Crippen molar-refractivity contribution in [1.29, 1.82) is 5.26 Å². The maximum atomic E-state index is 9.21. The van der Waals surface area contributed by atoms with E-state index in [4.69, 9.17) is 16.3 Å². The van der Waals surface area contributed by atoms with Crippen LogP contribution in [-0.4, -0.2) is 26.7 Å². The first-order chi connectivity index (χ1) is 11.7. The molecule has 0 radical (unpaired) electrons. The maximum Gasteiger partial charge on any atom is 0.142 e. The number of nitrogens with zero attached hydrogens (tertiary/aromatic N) is 2. The van der Waals surface area contributed by atoms with Gasteiger partial charge in [-0.2, -0.15) is 5.26 Å². The summed E-state index contributed by atoms with van der Waals surface area (Å²) in [5.74, 6) is 1.44. The zero-order chi connectivity index (χ0) is 16.9. The topological polar surface area (TPSA) is 48.3 Å². The van der Waals surface area contributed by atoms with Crippen LogP contribution in [0.15, 0.2) is 42.5 Å². The van der Waals surface area contributed by atoms with Crippen LogP contribution in [0.3, 0.4) is 0 Å². The lowest BCUT2D eigenvalue weighted by atomic mass is 10.1. The smallest absolute Gasteiger partial charge is 0.142 e. The molecule has 1 atom stereocenters. The molecule has 0 saturated carbocycles. The van der Waals surface area contributed by atoms with Crippen molar-refractivity contribution in [3.8, 4) is 11.8 Å². The highest BCUT2D eigenvalue weighted by molar-refractivity contribution is 6.30. The first-order valence-corrected chi connectivity index (χ1v) is 8.40. The Hall–Kier alpha value is -2.38. The molecule has 0 bridgehead atoms. The molecule has 4 nitrogen and oxygen atoms in total. The van der Waals surface area contributed by atoms with Gasteiger partial charge in [0.1, 0.15) is 11.8 Å². The van der Waals surface area contributed by atoms with Crippen molar-refractivity contribution in [2.45, 2.75) is 6.42 Å². The second-order valence-electron chi connectivity index (χ2n) is 5.96. The highest BCUT2D eigenvalue weighted by atomic mass is 35.5. The van der Waals surface area contributed by atoms with Crippen molar-refractivity contribution in [2.75, 3.05) is 37.0 Å². The average molecular weight is 342 g/mol. The van der Waals surface area contributed by atoms with Crippen LogP contribution < -0.4 is 15.0 Å². The first-order valence-electron chi connectivity index (χ1n) is 8.02. The second kappa shape index (κ2) is 7.46. The van der Waals surface area contributed by atoms with Gasteiger partial charge in [0.15, 0.2) is 0 Å².